The summed E-state index contributed by atoms with van der Waals surface area (Å²) in [5.41, 5.74) is 4.16. The van der Waals surface area contributed by atoms with E-state index in [-0.39, 0.29) is 37.6 Å². The highest BCUT2D eigenvalue weighted by atomic mass is 19.1. The Hall–Kier alpha value is -4.64. The molecule has 0 spiro atoms. The number of alkyl halides is 1. The average molecular weight is 672 g/mol. The largest absolute Gasteiger partial charge is 0.461 e. The summed E-state index contributed by atoms with van der Waals surface area (Å²) in [6.45, 7) is 3.31. The Morgan fingerprint density at radius 1 is 1.06 bits per heavy atom. The van der Waals surface area contributed by atoms with Crippen LogP contribution >= 0.6 is 0 Å². The highest BCUT2D eigenvalue weighted by Gasteiger charge is 2.35. The van der Waals surface area contributed by atoms with Crippen LogP contribution in [0.3, 0.4) is 0 Å². The molecule has 1 amide bonds. The van der Waals surface area contributed by atoms with Gasteiger partial charge in [-0.3, -0.25) is 9.59 Å². The minimum absolute atomic E-state index is 0.00147. The fourth-order valence-corrected chi connectivity index (χ4v) is 7.45. The number of rotatable bonds is 11. The first kappa shape index (κ1) is 32.9. The Bertz CT molecular complexity index is 1980. The van der Waals surface area contributed by atoms with Crippen LogP contribution in [0.2, 0.25) is 0 Å². The van der Waals surface area contributed by atoms with E-state index in [9.17, 15) is 22.8 Å². The van der Waals surface area contributed by atoms with Crippen LogP contribution < -0.4 is 5.32 Å². The Morgan fingerprint density at radius 3 is 2.63 bits per heavy atom. The van der Waals surface area contributed by atoms with E-state index in [0.717, 1.165) is 29.4 Å². The molecular weight excluding hydrogens is 631 g/mol. The van der Waals surface area contributed by atoms with Crippen LogP contribution in [0.4, 0.5) is 13.2 Å². The molecular formula is C38H40F3N5O3. The Labute approximate surface area is 282 Å². The predicted octanol–water partition coefficient (Wildman–Crippen LogP) is 6.86. The first-order chi connectivity index (χ1) is 23.8. The Balaban J connectivity index is 1.19. The Morgan fingerprint density at radius 2 is 1.86 bits per heavy atom. The predicted molar refractivity (Wildman–Crippen MR) is 181 cm³/mol. The topological polar surface area (TPSA) is 92.2 Å². The van der Waals surface area contributed by atoms with Crippen molar-refractivity contribution < 1.29 is 27.5 Å². The third-order valence-electron chi connectivity index (χ3n) is 9.97. The first-order valence-electron chi connectivity index (χ1n) is 17.1. The van der Waals surface area contributed by atoms with Crippen molar-refractivity contribution in [2.75, 3.05) is 13.1 Å². The van der Waals surface area contributed by atoms with E-state index in [4.69, 9.17) is 9.72 Å². The molecule has 8 nitrogen and oxygen atoms in total. The van der Waals surface area contributed by atoms with Gasteiger partial charge in [-0.1, -0.05) is 37.3 Å². The van der Waals surface area contributed by atoms with E-state index in [1.165, 1.54) is 24.3 Å². The van der Waals surface area contributed by atoms with Crippen LogP contribution in [-0.2, 0) is 33.9 Å². The summed E-state index contributed by atoms with van der Waals surface area (Å²) in [5.74, 6) is -1.27. The minimum Gasteiger partial charge on any atom is -0.461 e. The molecule has 5 aromatic rings. The number of imidazole rings is 1. The number of amides is 1. The number of aromatic nitrogens is 3. The molecule has 0 aliphatic carbocycles. The van der Waals surface area contributed by atoms with E-state index in [0.29, 0.717) is 60.4 Å². The third kappa shape index (κ3) is 6.94. The molecule has 11 heteroatoms. The highest BCUT2D eigenvalue weighted by molar-refractivity contribution is 5.92. The zero-order valence-electron chi connectivity index (χ0n) is 27.4. The van der Waals surface area contributed by atoms with Crippen molar-refractivity contribution in [1.29, 1.82) is 0 Å². The van der Waals surface area contributed by atoms with E-state index in [1.54, 1.807) is 12.1 Å². The zero-order chi connectivity index (χ0) is 34.1. The van der Waals surface area contributed by atoms with Gasteiger partial charge in [-0.15, -0.1) is 0 Å². The molecule has 0 saturated carbocycles. The third-order valence-corrected chi connectivity index (χ3v) is 9.97. The second-order valence-corrected chi connectivity index (χ2v) is 13.3. The molecule has 2 N–H and O–H groups in total. The van der Waals surface area contributed by atoms with Gasteiger partial charge in [-0.05, 0) is 73.6 Å². The number of fused-ring (bicyclic) bond motifs is 2. The second kappa shape index (κ2) is 14.1. The molecule has 4 atom stereocenters. The number of aromatic amines is 1. The van der Waals surface area contributed by atoms with Gasteiger partial charge in [-0.25, -0.2) is 18.2 Å². The number of likely N-dealkylation sites (tertiary alicyclic amines) is 1. The molecule has 4 heterocycles. The lowest BCUT2D eigenvalue weighted by Crippen LogP contribution is -2.41. The summed E-state index contributed by atoms with van der Waals surface area (Å²) in [5, 5.41) is 4.04. The molecule has 2 fully saturated rings. The van der Waals surface area contributed by atoms with Crippen LogP contribution in [0.5, 0.6) is 0 Å². The van der Waals surface area contributed by atoms with E-state index >= 15 is 0 Å². The van der Waals surface area contributed by atoms with E-state index in [1.807, 2.05) is 46.7 Å². The lowest BCUT2D eigenvalue weighted by molar-refractivity contribution is -0.150. The molecule has 0 bridgehead atoms. The zero-order valence-corrected chi connectivity index (χ0v) is 27.4. The van der Waals surface area contributed by atoms with Crippen molar-refractivity contribution in [1.82, 2.24) is 24.8 Å². The summed E-state index contributed by atoms with van der Waals surface area (Å²) in [4.78, 5) is 36.9. The van der Waals surface area contributed by atoms with Gasteiger partial charge in [0.15, 0.2) is 5.82 Å². The minimum atomic E-state index is -0.948. The lowest BCUT2D eigenvalue weighted by Gasteiger charge is -2.28. The SMILES string of the molecule is CC[C@H](CC(=O)OCc1ccccc1)C(=O)N1CCC[C@H]1Cc1c(-c2nc3cc(F)ccc3n2C[C@@H]2C[C@H](F)CN2)[nH]c2cc(F)ccc12. The number of carbonyl (C=O) groups is 2. The quantitative estimate of drug-likeness (QED) is 0.150. The molecule has 3 aromatic carbocycles. The molecule has 0 radical (unpaired) electrons. The van der Waals surface area contributed by atoms with Crippen LogP contribution in [0.15, 0.2) is 66.7 Å². The first-order valence-corrected chi connectivity index (χ1v) is 17.1. The molecule has 49 heavy (non-hydrogen) atoms. The summed E-state index contributed by atoms with van der Waals surface area (Å²) in [6.07, 6.45) is 1.94. The van der Waals surface area contributed by atoms with Gasteiger partial charge < -0.3 is 24.5 Å². The maximum atomic E-state index is 14.5. The Kier molecular flexibility index (Phi) is 9.44. The van der Waals surface area contributed by atoms with Crippen LogP contribution in [0.1, 0.15) is 50.2 Å². The molecule has 0 unspecified atom stereocenters. The normalized spacial score (nSPS) is 20.0. The van der Waals surface area contributed by atoms with Crippen molar-refractivity contribution in [2.45, 2.75) is 76.9 Å². The van der Waals surface area contributed by atoms with Crippen LogP contribution in [-0.4, -0.2) is 62.7 Å². The molecule has 7 rings (SSSR count). The average Bonchev–Trinajstić information content (AvgIpc) is 3.89. The summed E-state index contributed by atoms with van der Waals surface area (Å²) in [7, 11) is 0. The van der Waals surface area contributed by atoms with Gasteiger partial charge in [0.2, 0.25) is 5.91 Å². The fraction of sp³-hybridized carbons (Fsp3) is 0.395. The van der Waals surface area contributed by atoms with E-state index in [2.05, 4.69) is 10.3 Å². The number of H-pyrrole nitrogens is 1. The van der Waals surface area contributed by atoms with Crippen molar-refractivity contribution in [3.8, 4) is 11.5 Å². The molecule has 2 saturated heterocycles. The number of halogens is 3. The standard InChI is InChI=1S/C38H40F3N5O3/c1-2-24(15-35(47)49-22-23-7-4-3-5-8-23)38(48)45-14-6-9-29(45)19-31-30-12-10-25(39)17-32(30)43-36(31)37-44-33-18-26(40)11-13-34(33)46(37)21-28-16-27(41)20-42-28/h3-5,7-8,10-13,17-18,24,27-29,42-43H,2,6,9,14-16,19-22H2,1H3/t24-,27+,28+,29+/m1/s1. The van der Waals surface area contributed by atoms with Crippen molar-refractivity contribution in [3.63, 3.8) is 0 Å². The van der Waals surface area contributed by atoms with Gasteiger partial charge in [-0.2, -0.15) is 0 Å². The van der Waals surface area contributed by atoms with Gasteiger partial charge in [0.05, 0.1) is 23.1 Å². The van der Waals surface area contributed by atoms with E-state index < -0.39 is 29.7 Å². The van der Waals surface area contributed by atoms with Gasteiger partial charge in [0, 0.05) is 54.6 Å². The summed E-state index contributed by atoms with van der Waals surface area (Å²) in [6, 6.07) is 18.2. The molecule has 2 aliphatic heterocycles. The number of nitrogens with one attached hydrogen (secondary N) is 2. The van der Waals surface area contributed by atoms with Crippen molar-refractivity contribution in [2.24, 2.45) is 5.92 Å². The lowest BCUT2D eigenvalue weighted by atomic mass is 9.97. The van der Waals surface area contributed by atoms with Gasteiger partial charge >= 0.3 is 5.97 Å². The second-order valence-electron chi connectivity index (χ2n) is 13.3. The number of esters is 1. The number of hydrogen-bond acceptors (Lipinski definition) is 5. The van der Waals surface area contributed by atoms with Crippen molar-refractivity contribution in [3.05, 3.63) is 89.5 Å². The molecule has 2 aromatic heterocycles. The maximum Gasteiger partial charge on any atom is 0.306 e. The maximum absolute atomic E-state index is 14.5. The highest BCUT2D eigenvalue weighted by Crippen LogP contribution is 2.36. The number of carbonyl (C=O) groups excluding carboxylic acids is 2. The molecule has 256 valence electrons. The van der Waals surface area contributed by atoms with Gasteiger partial charge in [0.1, 0.15) is 24.4 Å². The smallest absolute Gasteiger partial charge is 0.306 e. The summed E-state index contributed by atoms with van der Waals surface area (Å²) >= 11 is 0. The summed E-state index contributed by atoms with van der Waals surface area (Å²) < 4.78 is 50.6. The molecule has 2 aliphatic rings. The number of ether oxygens (including phenoxy) is 1. The van der Waals surface area contributed by atoms with Crippen LogP contribution in [0, 0.1) is 17.6 Å². The number of nitrogens with zero attached hydrogens (tertiary/aromatic N) is 3. The van der Waals surface area contributed by atoms with Crippen molar-refractivity contribution >= 4 is 33.8 Å². The van der Waals surface area contributed by atoms with Gasteiger partial charge in [0.25, 0.3) is 0 Å². The monoisotopic (exact) mass is 671 g/mol. The number of hydrogen-bond donors (Lipinski definition) is 2. The fourth-order valence-electron chi connectivity index (χ4n) is 7.45. The number of benzene rings is 3. The van der Waals surface area contributed by atoms with Crippen LogP contribution in [0.25, 0.3) is 33.5 Å².